The van der Waals surface area contributed by atoms with Gasteiger partial charge in [0.15, 0.2) is 0 Å². The second-order valence-electron chi connectivity index (χ2n) is 6.49. The number of nitrogens with one attached hydrogen (secondary N) is 1. The van der Waals surface area contributed by atoms with Gasteiger partial charge < -0.3 is 16.2 Å². The molecule has 1 aromatic carbocycles. The second kappa shape index (κ2) is 6.77. The Kier molecular flexibility index (Phi) is 4.76. The van der Waals surface area contributed by atoms with Crippen molar-refractivity contribution in [2.75, 3.05) is 19.6 Å². The van der Waals surface area contributed by atoms with Crippen LogP contribution >= 0.6 is 0 Å². The second-order valence-corrected chi connectivity index (χ2v) is 6.49. The van der Waals surface area contributed by atoms with Crippen LogP contribution in [0.4, 0.5) is 0 Å². The van der Waals surface area contributed by atoms with E-state index in [2.05, 4.69) is 34.5 Å². The highest BCUT2D eigenvalue weighted by Gasteiger charge is 2.34. The number of carbonyl (C=O) groups is 1. The van der Waals surface area contributed by atoms with E-state index in [-0.39, 0.29) is 17.9 Å². The lowest BCUT2D eigenvalue weighted by Crippen LogP contribution is -2.39. The molecule has 0 bridgehead atoms. The van der Waals surface area contributed by atoms with Gasteiger partial charge in [0.2, 0.25) is 5.91 Å². The summed E-state index contributed by atoms with van der Waals surface area (Å²) in [7, 11) is 0. The summed E-state index contributed by atoms with van der Waals surface area (Å²) in [4.78, 5) is 14.5. The van der Waals surface area contributed by atoms with Gasteiger partial charge in [0, 0.05) is 38.1 Å². The quantitative estimate of drug-likeness (QED) is 0.745. The lowest BCUT2D eigenvalue weighted by molar-refractivity contribution is -0.125. The number of carbonyl (C=O) groups excluding carboxylic acids is 1. The molecule has 5 heteroatoms. The van der Waals surface area contributed by atoms with Gasteiger partial charge in [-0.3, -0.25) is 9.69 Å². The number of nitrogens with two attached hydrogens (primary N) is 1. The number of rotatable bonds is 4. The number of hydrogen-bond acceptors (Lipinski definition) is 4. The minimum absolute atomic E-state index is 0.0319. The summed E-state index contributed by atoms with van der Waals surface area (Å²) in [6.07, 6.45) is 1.62. The van der Waals surface area contributed by atoms with Crippen molar-refractivity contribution >= 4 is 5.91 Å². The summed E-state index contributed by atoms with van der Waals surface area (Å²) in [6.45, 7) is 3.52. The predicted molar refractivity (Wildman–Crippen MR) is 85.1 cm³/mol. The lowest BCUT2D eigenvalue weighted by Gasteiger charge is -2.28. The molecule has 1 amide bonds. The van der Waals surface area contributed by atoms with E-state index in [1.807, 2.05) is 0 Å². The summed E-state index contributed by atoms with van der Waals surface area (Å²) < 4.78 is 0. The maximum atomic E-state index is 12.1. The normalized spacial score (nSPS) is 28.4. The molecule has 1 aliphatic carbocycles. The molecule has 1 saturated carbocycles. The van der Waals surface area contributed by atoms with Crippen LogP contribution in [0, 0.1) is 5.92 Å². The fraction of sp³-hybridized carbons (Fsp3) is 0.588. The number of benzene rings is 1. The van der Waals surface area contributed by atoms with Crippen LogP contribution in [0.2, 0.25) is 0 Å². The zero-order chi connectivity index (χ0) is 15.5. The van der Waals surface area contributed by atoms with Gasteiger partial charge in [0.1, 0.15) is 0 Å². The summed E-state index contributed by atoms with van der Waals surface area (Å²) in [6, 6.07) is 8.30. The monoisotopic (exact) mass is 303 g/mol. The summed E-state index contributed by atoms with van der Waals surface area (Å²) >= 11 is 0. The lowest BCUT2D eigenvalue weighted by atomic mass is 10.00. The standard InChI is InChI=1S/C17H25N3O2/c18-15-9-14(10-16(15)21)17(22)19-6-8-20-7-5-12-3-1-2-4-13(12)11-20/h1-4,14-16,21H,5-11,18H2,(H,19,22)/t14-,15+,16+/m0/s1. The Morgan fingerprint density at radius 3 is 2.82 bits per heavy atom. The zero-order valence-corrected chi connectivity index (χ0v) is 12.9. The first kappa shape index (κ1) is 15.5. The van der Waals surface area contributed by atoms with Gasteiger partial charge in [-0.25, -0.2) is 0 Å². The van der Waals surface area contributed by atoms with Gasteiger partial charge in [0.05, 0.1) is 6.10 Å². The van der Waals surface area contributed by atoms with Crippen molar-refractivity contribution in [1.82, 2.24) is 10.2 Å². The maximum Gasteiger partial charge on any atom is 0.223 e. The molecule has 1 aliphatic heterocycles. The van der Waals surface area contributed by atoms with Crippen LogP contribution in [0.1, 0.15) is 24.0 Å². The van der Waals surface area contributed by atoms with E-state index >= 15 is 0 Å². The molecule has 1 heterocycles. The molecule has 0 radical (unpaired) electrons. The Bertz CT molecular complexity index is 524. The molecule has 3 atom stereocenters. The third-order valence-corrected chi connectivity index (χ3v) is 4.88. The van der Waals surface area contributed by atoms with E-state index in [1.165, 1.54) is 11.1 Å². The Labute approximate surface area is 131 Å². The van der Waals surface area contributed by atoms with E-state index in [0.29, 0.717) is 19.4 Å². The molecule has 0 saturated heterocycles. The Morgan fingerprint density at radius 1 is 1.32 bits per heavy atom. The Hall–Kier alpha value is -1.43. The fourth-order valence-corrected chi connectivity index (χ4v) is 3.49. The van der Waals surface area contributed by atoms with Crippen LogP contribution in [-0.4, -0.2) is 47.7 Å². The molecular formula is C17H25N3O2. The van der Waals surface area contributed by atoms with Gasteiger partial charge in [-0.15, -0.1) is 0 Å². The molecule has 0 unspecified atom stereocenters. The number of hydrogen-bond donors (Lipinski definition) is 3. The van der Waals surface area contributed by atoms with Gasteiger partial charge >= 0.3 is 0 Å². The fourth-order valence-electron chi connectivity index (χ4n) is 3.49. The Balaban J connectivity index is 1.42. The third kappa shape index (κ3) is 3.48. The molecule has 22 heavy (non-hydrogen) atoms. The van der Waals surface area contributed by atoms with Crippen molar-refractivity contribution in [2.24, 2.45) is 11.7 Å². The van der Waals surface area contributed by atoms with E-state index in [1.54, 1.807) is 0 Å². The van der Waals surface area contributed by atoms with E-state index in [4.69, 9.17) is 5.73 Å². The summed E-state index contributed by atoms with van der Waals surface area (Å²) in [5.74, 6) is -0.100. The average molecular weight is 303 g/mol. The Morgan fingerprint density at radius 2 is 2.09 bits per heavy atom. The van der Waals surface area contributed by atoms with E-state index in [0.717, 1.165) is 26.1 Å². The number of aliphatic hydroxyl groups is 1. The average Bonchev–Trinajstić information content (AvgIpc) is 2.86. The van der Waals surface area contributed by atoms with Crippen LogP contribution in [0.5, 0.6) is 0 Å². The van der Waals surface area contributed by atoms with Crippen LogP contribution in [0.3, 0.4) is 0 Å². The number of nitrogens with zero attached hydrogens (tertiary/aromatic N) is 1. The highest BCUT2D eigenvalue weighted by Crippen LogP contribution is 2.24. The number of fused-ring (bicyclic) bond motifs is 1. The molecule has 4 N–H and O–H groups in total. The van der Waals surface area contributed by atoms with Crippen LogP contribution in [0.15, 0.2) is 24.3 Å². The van der Waals surface area contributed by atoms with Crippen LogP contribution in [0.25, 0.3) is 0 Å². The van der Waals surface area contributed by atoms with Gasteiger partial charge in [-0.1, -0.05) is 24.3 Å². The minimum atomic E-state index is -0.533. The summed E-state index contributed by atoms with van der Waals surface area (Å²) in [5.41, 5.74) is 8.59. The highest BCUT2D eigenvalue weighted by molar-refractivity contribution is 5.79. The summed E-state index contributed by atoms with van der Waals surface area (Å²) in [5, 5.41) is 12.6. The molecule has 1 fully saturated rings. The number of amides is 1. The van der Waals surface area contributed by atoms with Crippen molar-refractivity contribution in [3.63, 3.8) is 0 Å². The first-order valence-corrected chi connectivity index (χ1v) is 8.14. The third-order valence-electron chi connectivity index (χ3n) is 4.88. The largest absolute Gasteiger partial charge is 0.391 e. The maximum absolute atomic E-state index is 12.1. The van der Waals surface area contributed by atoms with Crippen LogP contribution < -0.4 is 11.1 Å². The van der Waals surface area contributed by atoms with E-state index < -0.39 is 6.10 Å². The first-order chi connectivity index (χ1) is 10.6. The van der Waals surface area contributed by atoms with Crippen LogP contribution in [-0.2, 0) is 17.8 Å². The van der Waals surface area contributed by atoms with E-state index in [9.17, 15) is 9.90 Å². The van der Waals surface area contributed by atoms with Crippen molar-refractivity contribution in [1.29, 1.82) is 0 Å². The van der Waals surface area contributed by atoms with Crippen molar-refractivity contribution in [3.05, 3.63) is 35.4 Å². The SMILES string of the molecule is N[C@@H]1C[C@H](C(=O)NCCN2CCc3ccccc3C2)C[C@H]1O. The first-order valence-electron chi connectivity index (χ1n) is 8.14. The topological polar surface area (TPSA) is 78.6 Å². The minimum Gasteiger partial charge on any atom is -0.391 e. The molecular weight excluding hydrogens is 278 g/mol. The highest BCUT2D eigenvalue weighted by atomic mass is 16.3. The molecule has 3 rings (SSSR count). The van der Waals surface area contributed by atoms with Crippen molar-refractivity contribution < 1.29 is 9.90 Å². The molecule has 0 aromatic heterocycles. The smallest absolute Gasteiger partial charge is 0.223 e. The molecule has 5 nitrogen and oxygen atoms in total. The van der Waals surface area contributed by atoms with Crippen molar-refractivity contribution in [2.45, 2.75) is 38.0 Å². The molecule has 0 spiro atoms. The zero-order valence-electron chi connectivity index (χ0n) is 12.9. The predicted octanol–water partition coefficient (Wildman–Crippen LogP) is 0.259. The molecule has 2 aliphatic rings. The number of aliphatic hydroxyl groups excluding tert-OH is 1. The van der Waals surface area contributed by atoms with Gasteiger partial charge in [-0.05, 0) is 30.4 Å². The van der Waals surface area contributed by atoms with Gasteiger partial charge in [0.25, 0.3) is 0 Å². The molecule has 1 aromatic rings. The van der Waals surface area contributed by atoms with Gasteiger partial charge in [-0.2, -0.15) is 0 Å². The molecule has 120 valence electrons. The van der Waals surface area contributed by atoms with Crippen molar-refractivity contribution in [3.8, 4) is 0 Å².